The molecule has 1 fully saturated rings. The van der Waals surface area contributed by atoms with Crippen LogP contribution in [0.3, 0.4) is 0 Å². The van der Waals surface area contributed by atoms with E-state index in [9.17, 15) is 5.11 Å². The molecule has 0 bridgehead atoms. The molecule has 0 amide bonds. The van der Waals surface area contributed by atoms with E-state index in [-0.39, 0.29) is 0 Å². The summed E-state index contributed by atoms with van der Waals surface area (Å²) in [4.78, 5) is 0. The lowest BCUT2D eigenvalue weighted by molar-refractivity contribution is -0.0167. The summed E-state index contributed by atoms with van der Waals surface area (Å²) in [5.74, 6) is 0.508. The highest BCUT2D eigenvalue weighted by molar-refractivity contribution is 4.83. The molecule has 0 radical (unpaired) electrons. The Morgan fingerprint density at radius 2 is 2.00 bits per heavy atom. The van der Waals surface area contributed by atoms with Crippen molar-refractivity contribution < 1.29 is 5.11 Å². The molecule has 66 valence electrons. The van der Waals surface area contributed by atoms with Gasteiger partial charge in [-0.15, -0.1) is 0 Å². The van der Waals surface area contributed by atoms with Crippen LogP contribution in [0.25, 0.3) is 0 Å². The summed E-state index contributed by atoms with van der Waals surface area (Å²) >= 11 is 0. The second kappa shape index (κ2) is 3.55. The van der Waals surface area contributed by atoms with E-state index in [2.05, 4.69) is 12.2 Å². The molecule has 1 atom stereocenters. The average molecular weight is 157 g/mol. The van der Waals surface area contributed by atoms with Crippen LogP contribution >= 0.6 is 0 Å². The summed E-state index contributed by atoms with van der Waals surface area (Å²) in [6.45, 7) is 6.16. The standard InChI is InChI=1S/C9H19NO/c1-3-9(2,11)8-4-6-10-7-5-8/h8,10-11H,3-7H2,1-2H3. The van der Waals surface area contributed by atoms with E-state index in [0.29, 0.717) is 5.92 Å². The van der Waals surface area contributed by atoms with E-state index in [1.54, 1.807) is 0 Å². The Hall–Kier alpha value is -0.0800. The van der Waals surface area contributed by atoms with Crippen molar-refractivity contribution in [1.29, 1.82) is 0 Å². The van der Waals surface area contributed by atoms with E-state index in [1.165, 1.54) is 0 Å². The predicted molar refractivity (Wildman–Crippen MR) is 46.5 cm³/mol. The SMILES string of the molecule is CCC(C)(O)C1CCNCC1. The van der Waals surface area contributed by atoms with Crippen molar-refractivity contribution in [2.75, 3.05) is 13.1 Å². The summed E-state index contributed by atoms with van der Waals surface area (Å²) in [6, 6.07) is 0. The van der Waals surface area contributed by atoms with Gasteiger partial charge in [0.15, 0.2) is 0 Å². The van der Waals surface area contributed by atoms with Crippen molar-refractivity contribution in [1.82, 2.24) is 5.32 Å². The molecule has 1 unspecified atom stereocenters. The topological polar surface area (TPSA) is 32.3 Å². The van der Waals surface area contributed by atoms with Gasteiger partial charge in [0.25, 0.3) is 0 Å². The van der Waals surface area contributed by atoms with Gasteiger partial charge in [0.2, 0.25) is 0 Å². The van der Waals surface area contributed by atoms with Gasteiger partial charge < -0.3 is 10.4 Å². The summed E-state index contributed by atoms with van der Waals surface area (Å²) in [5.41, 5.74) is -0.428. The van der Waals surface area contributed by atoms with Gasteiger partial charge in [-0.3, -0.25) is 0 Å². The maximum atomic E-state index is 9.92. The lowest BCUT2D eigenvalue weighted by atomic mass is 9.81. The Morgan fingerprint density at radius 3 is 2.45 bits per heavy atom. The zero-order valence-electron chi connectivity index (χ0n) is 7.56. The van der Waals surface area contributed by atoms with Gasteiger partial charge in [-0.1, -0.05) is 6.92 Å². The molecule has 2 N–H and O–H groups in total. The van der Waals surface area contributed by atoms with Crippen LogP contribution in [-0.2, 0) is 0 Å². The maximum absolute atomic E-state index is 9.92. The van der Waals surface area contributed by atoms with E-state index in [4.69, 9.17) is 0 Å². The second-order valence-electron chi connectivity index (χ2n) is 3.73. The van der Waals surface area contributed by atoms with Crippen molar-refractivity contribution in [3.8, 4) is 0 Å². The van der Waals surface area contributed by atoms with E-state index in [0.717, 1.165) is 32.4 Å². The molecule has 2 nitrogen and oxygen atoms in total. The van der Waals surface area contributed by atoms with Crippen molar-refractivity contribution in [3.05, 3.63) is 0 Å². The van der Waals surface area contributed by atoms with Crippen molar-refractivity contribution >= 4 is 0 Å². The van der Waals surface area contributed by atoms with Crippen LogP contribution < -0.4 is 5.32 Å². The normalized spacial score (nSPS) is 26.5. The molecule has 1 aliphatic rings. The molecule has 0 aromatic carbocycles. The lowest BCUT2D eigenvalue weighted by Crippen LogP contribution is -2.41. The predicted octanol–water partition coefficient (Wildman–Crippen LogP) is 1.15. The van der Waals surface area contributed by atoms with Crippen LogP contribution in [-0.4, -0.2) is 23.8 Å². The Bertz CT molecular complexity index is 117. The number of rotatable bonds is 2. The van der Waals surface area contributed by atoms with Gasteiger partial charge in [0.1, 0.15) is 0 Å². The number of nitrogens with one attached hydrogen (secondary N) is 1. The Morgan fingerprint density at radius 1 is 1.45 bits per heavy atom. The number of hydrogen-bond donors (Lipinski definition) is 2. The first-order valence-corrected chi connectivity index (χ1v) is 4.60. The molecular formula is C9H19NO. The minimum absolute atomic E-state index is 0.428. The molecule has 1 heterocycles. The van der Waals surface area contributed by atoms with Crippen molar-refractivity contribution in [2.24, 2.45) is 5.92 Å². The monoisotopic (exact) mass is 157 g/mol. The van der Waals surface area contributed by atoms with Gasteiger partial charge in [-0.05, 0) is 45.2 Å². The Balaban J connectivity index is 2.43. The van der Waals surface area contributed by atoms with Gasteiger partial charge in [0.05, 0.1) is 5.60 Å². The highest BCUT2D eigenvalue weighted by Crippen LogP contribution is 2.27. The van der Waals surface area contributed by atoms with Crippen LogP contribution in [0.4, 0.5) is 0 Å². The first-order chi connectivity index (χ1) is 5.17. The second-order valence-corrected chi connectivity index (χ2v) is 3.73. The number of aliphatic hydroxyl groups is 1. The molecule has 11 heavy (non-hydrogen) atoms. The zero-order valence-corrected chi connectivity index (χ0v) is 7.56. The lowest BCUT2D eigenvalue weighted by Gasteiger charge is -2.35. The fourth-order valence-electron chi connectivity index (χ4n) is 1.73. The van der Waals surface area contributed by atoms with Crippen molar-refractivity contribution in [3.63, 3.8) is 0 Å². The zero-order chi connectivity index (χ0) is 8.32. The quantitative estimate of drug-likeness (QED) is 0.630. The molecule has 0 aromatic rings. The Labute approximate surface area is 69.0 Å². The van der Waals surface area contributed by atoms with Gasteiger partial charge in [-0.2, -0.15) is 0 Å². The van der Waals surface area contributed by atoms with Crippen LogP contribution in [0.2, 0.25) is 0 Å². The van der Waals surface area contributed by atoms with E-state index < -0.39 is 5.60 Å². The fourth-order valence-corrected chi connectivity index (χ4v) is 1.73. The van der Waals surface area contributed by atoms with Crippen molar-refractivity contribution in [2.45, 2.75) is 38.7 Å². The molecular weight excluding hydrogens is 138 g/mol. The molecule has 0 aliphatic carbocycles. The average Bonchev–Trinajstić information content (AvgIpc) is 2.06. The third-order valence-corrected chi connectivity index (χ3v) is 2.93. The van der Waals surface area contributed by atoms with Gasteiger partial charge >= 0.3 is 0 Å². The molecule has 0 aromatic heterocycles. The Kier molecular flexibility index (Phi) is 2.90. The molecule has 0 spiro atoms. The summed E-state index contributed by atoms with van der Waals surface area (Å²) in [5, 5.41) is 13.2. The molecule has 1 saturated heterocycles. The molecule has 1 aliphatic heterocycles. The largest absolute Gasteiger partial charge is 0.390 e. The van der Waals surface area contributed by atoms with Crippen LogP contribution in [0.5, 0.6) is 0 Å². The van der Waals surface area contributed by atoms with Crippen LogP contribution in [0.15, 0.2) is 0 Å². The van der Waals surface area contributed by atoms with Gasteiger partial charge in [0, 0.05) is 0 Å². The minimum Gasteiger partial charge on any atom is -0.390 e. The fraction of sp³-hybridized carbons (Fsp3) is 1.00. The highest BCUT2D eigenvalue weighted by Gasteiger charge is 2.30. The third kappa shape index (κ3) is 2.17. The molecule has 1 rings (SSSR count). The first kappa shape index (κ1) is 9.01. The smallest absolute Gasteiger partial charge is 0.0646 e. The summed E-state index contributed by atoms with van der Waals surface area (Å²) in [6.07, 6.45) is 3.12. The highest BCUT2D eigenvalue weighted by atomic mass is 16.3. The van der Waals surface area contributed by atoms with Crippen LogP contribution in [0.1, 0.15) is 33.1 Å². The van der Waals surface area contributed by atoms with E-state index in [1.807, 2.05) is 6.92 Å². The maximum Gasteiger partial charge on any atom is 0.0646 e. The molecule has 0 saturated carbocycles. The third-order valence-electron chi connectivity index (χ3n) is 2.93. The number of piperidine rings is 1. The minimum atomic E-state index is -0.428. The van der Waals surface area contributed by atoms with Gasteiger partial charge in [-0.25, -0.2) is 0 Å². The summed E-state index contributed by atoms with van der Waals surface area (Å²) in [7, 11) is 0. The van der Waals surface area contributed by atoms with E-state index >= 15 is 0 Å². The first-order valence-electron chi connectivity index (χ1n) is 4.60. The molecule has 2 heteroatoms. The van der Waals surface area contributed by atoms with Crippen LogP contribution in [0, 0.1) is 5.92 Å². The number of hydrogen-bond acceptors (Lipinski definition) is 2. The summed E-state index contributed by atoms with van der Waals surface area (Å²) < 4.78 is 0.